The van der Waals surface area contributed by atoms with Crippen molar-refractivity contribution in [3.05, 3.63) is 30.1 Å². The van der Waals surface area contributed by atoms with Crippen LogP contribution >= 0.6 is 11.6 Å². The lowest BCUT2D eigenvalue weighted by Crippen LogP contribution is -2.49. The lowest BCUT2D eigenvalue weighted by atomic mass is 9.97. The molecule has 0 aliphatic carbocycles. The Morgan fingerprint density at radius 3 is 2.11 bits per heavy atom. The lowest BCUT2D eigenvalue weighted by molar-refractivity contribution is 0.394. The van der Waals surface area contributed by atoms with Crippen molar-refractivity contribution in [2.24, 2.45) is 0 Å². The SMILES string of the molecule is CCC(CC)(CCl)NS(=O)(=O)c1ccc(F)cc1. The molecular formula is C12H17ClFNO2S. The van der Waals surface area contributed by atoms with E-state index >= 15 is 0 Å². The monoisotopic (exact) mass is 293 g/mol. The Morgan fingerprint density at radius 1 is 1.22 bits per heavy atom. The van der Waals surface area contributed by atoms with Gasteiger partial charge in [-0.25, -0.2) is 17.5 Å². The maximum Gasteiger partial charge on any atom is 0.241 e. The van der Waals surface area contributed by atoms with Gasteiger partial charge in [-0.1, -0.05) is 13.8 Å². The van der Waals surface area contributed by atoms with E-state index in [4.69, 9.17) is 11.6 Å². The molecule has 0 fully saturated rings. The summed E-state index contributed by atoms with van der Waals surface area (Å²) < 4.78 is 39.7. The second-order valence-electron chi connectivity index (χ2n) is 4.18. The molecule has 0 saturated carbocycles. The number of hydrogen-bond acceptors (Lipinski definition) is 2. The molecule has 0 bridgehead atoms. The highest BCUT2D eigenvalue weighted by molar-refractivity contribution is 7.89. The Hall–Kier alpha value is -0.650. The highest BCUT2D eigenvalue weighted by Gasteiger charge is 2.31. The predicted octanol–water partition coefficient (Wildman–Crippen LogP) is 2.90. The molecule has 1 aromatic rings. The van der Waals surface area contributed by atoms with Crippen molar-refractivity contribution in [3.8, 4) is 0 Å². The third-order valence-electron chi connectivity index (χ3n) is 3.08. The first-order chi connectivity index (χ1) is 8.39. The van der Waals surface area contributed by atoms with E-state index in [0.717, 1.165) is 12.1 Å². The van der Waals surface area contributed by atoms with Crippen molar-refractivity contribution in [2.75, 3.05) is 5.88 Å². The van der Waals surface area contributed by atoms with Gasteiger partial charge in [0.05, 0.1) is 4.90 Å². The minimum atomic E-state index is -3.67. The van der Waals surface area contributed by atoms with E-state index in [0.29, 0.717) is 12.8 Å². The maximum atomic E-state index is 12.8. The molecule has 0 aliphatic heterocycles. The molecule has 102 valence electrons. The third kappa shape index (κ3) is 3.43. The van der Waals surface area contributed by atoms with E-state index in [2.05, 4.69) is 4.72 Å². The first-order valence-electron chi connectivity index (χ1n) is 5.74. The van der Waals surface area contributed by atoms with Crippen molar-refractivity contribution < 1.29 is 12.8 Å². The highest BCUT2D eigenvalue weighted by atomic mass is 35.5. The molecular weight excluding hydrogens is 277 g/mol. The van der Waals surface area contributed by atoms with Gasteiger partial charge in [-0.3, -0.25) is 0 Å². The normalized spacial score (nSPS) is 12.7. The summed E-state index contributed by atoms with van der Waals surface area (Å²) in [5, 5.41) is 0. The standard InChI is InChI=1S/C12H17ClFNO2S/c1-3-12(4-2,9-13)15-18(16,17)11-7-5-10(14)6-8-11/h5-8,15H,3-4,9H2,1-2H3. The Balaban J connectivity index is 3.04. The van der Waals surface area contributed by atoms with Crippen LogP contribution in [0.5, 0.6) is 0 Å². The highest BCUT2D eigenvalue weighted by Crippen LogP contribution is 2.21. The Bertz CT molecular complexity index is 475. The summed E-state index contributed by atoms with van der Waals surface area (Å²) in [5.74, 6) is -0.274. The molecule has 0 spiro atoms. The largest absolute Gasteiger partial charge is 0.241 e. The molecule has 0 unspecified atom stereocenters. The average molecular weight is 294 g/mol. The van der Waals surface area contributed by atoms with Gasteiger partial charge >= 0.3 is 0 Å². The van der Waals surface area contributed by atoms with Crippen LogP contribution in [-0.4, -0.2) is 19.8 Å². The van der Waals surface area contributed by atoms with Crippen molar-refractivity contribution >= 4 is 21.6 Å². The van der Waals surface area contributed by atoms with Crippen LogP contribution in [0.25, 0.3) is 0 Å². The van der Waals surface area contributed by atoms with Crippen LogP contribution in [0.4, 0.5) is 4.39 Å². The molecule has 3 nitrogen and oxygen atoms in total. The number of sulfonamides is 1. The summed E-state index contributed by atoms with van der Waals surface area (Å²) in [7, 11) is -3.67. The molecule has 0 atom stereocenters. The molecule has 18 heavy (non-hydrogen) atoms. The Morgan fingerprint density at radius 2 is 1.72 bits per heavy atom. The smallest absolute Gasteiger partial charge is 0.207 e. The summed E-state index contributed by atoms with van der Waals surface area (Å²) in [5.41, 5.74) is -0.658. The van der Waals surface area contributed by atoms with Gasteiger partial charge in [0.2, 0.25) is 10.0 Å². The number of halogens is 2. The fourth-order valence-electron chi connectivity index (χ4n) is 1.57. The second-order valence-corrected chi connectivity index (χ2v) is 6.13. The van der Waals surface area contributed by atoms with Gasteiger partial charge in [0.15, 0.2) is 0 Å². The van der Waals surface area contributed by atoms with E-state index in [-0.39, 0.29) is 10.8 Å². The average Bonchev–Trinajstić information content (AvgIpc) is 2.37. The molecule has 0 saturated heterocycles. The third-order valence-corrected chi connectivity index (χ3v) is 5.19. The van der Waals surface area contributed by atoms with E-state index in [9.17, 15) is 12.8 Å². The van der Waals surface area contributed by atoms with Gasteiger partial charge in [0, 0.05) is 11.4 Å². The van der Waals surface area contributed by atoms with Gasteiger partial charge in [0.1, 0.15) is 5.82 Å². The quantitative estimate of drug-likeness (QED) is 0.820. The van der Waals surface area contributed by atoms with Gasteiger partial charge < -0.3 is 0 Å². The van der Waals surface area contributed by atoms with E-state index in [1.807, 2.05) is 13.8 Å². The van der Waals surface area contributed by atoms with Gasteiger partial charge in [-0.15, -0.1) is 11.6 Å². The molecule has 6 heteroatoms. The Labute approximate surface area is 112 Å². The van der Waals surface area contributed by atoms with E-state index in [1.165, 1.54) is 12.1 Å². The summed E-state index contributed by atoms with van der Waals surface area (Å²) in [6, 6.07) is 4.72. The van der Waals surface area contributed by atoms with Gasteiger partial charge in [-0.05, 0) is 37.1 Å². The minimum absolute atomic E-state index is 0.0419. The van der Waals surface area contributed by atoms with Crippen molar-refractivity contribution in [3.63, 3.8) is 0 Å². The van der Waals surface area contributed by atoms with Gasteiger partial charge in [0.25, 0.3) is 0 Å². The summed E-state index contributed by atoms with van der Waals surface area (Å²) in [6.45, 7) is 3.75. The number of nitrogens with one attached hydrogen (secondary N) is 1. The zero-order valence-electron chi connectivity index (χ0n) is 10.4. The second kappa shape index (κ2) is 5.99. The molecule has 0 amide bonds. The fraction of sp³-hybridized carbons (Fsp3) is 0.500. The van der Waals surface area contributed by atoms with Crippen LogP contribution in [0.15, 0.2) is 29.2 Å². The van der Waals surface area contributed by atoms with Crippen molar-refractivity contribution in [1.29, 1.82) is 0 Å². The lowest BCUT2D eigenvalue weighted by Gasteiger charge is -2.30. The van der Waals surface area contributed by atoms with Crippen LogP contribution < -0.4 is 4.72 Å². The molecule has 0 heterocycles. The molecule has 1 N–H and O–H groups in total. The first kappa shape index (κ1) is 15.4. The zero-order chi connectivity index (χ0) is 13.8. The first-order valence-corrected chi connectivity index (χ1v) is 7.76. The van der Waals surface area contributed by atoms with Crippen LogP contribution in [-0.2, 0) is 10.0 Å². The summed E-state index contributed by atoms with van der Waals surface area (Å²) in [6.07, 6.45) is 1.18. The number of benzene rings is 1. The van der Waals surface area contributed by atoms with E-state index in [1.54, 1.807) is 0 Å². The van der Waals surface area contributed by atoms with Crippen LogP contribution in [0, 0.1) is 5.82 Å². The molecule has 0 radical (unpaired) electrons. The predicted molar refractivity (Wildman–Crippen MR) is 70.8 cm³/mol. The minimum Gasteiger partial charge on any atom is -0.207 e. The maximum absolute atomic E-state index is 12.8. The summed E-state index contributed by atoms with van der Waals surface area (Å²) in [4.78, 5) is 0.0419. The number of alkyl halides is 1. The molecule has 1 aromatic carbocycles. The zero-order valence-corrected chi connectivity index (χ0v) is 12.0. The van der Waals surface area contributed by atoms with Crippen LogP contribution in [0.3, 0.4) is 0 Å². The van der Waals surface area contributed by atoms with Gasteiger partial charge in [-0.2, -0.15) is 0 Å². The fourth-order valence-corrected chi connectivity index (χ4v) is 3.64. The number of rotatable bonds is 6. The number of hydrogen-bond donors (Lipinski definition) is 1. The molecule has 0 aliphatic rings. The van der Waals surface area contributed by atoms with Crippen LogP contribution in [0.1, 0.15) is 26.7 Å². The topological polar surface area (TPSA) is 46.2 Å². The van der Waals surface area contributed by atoms with Crippen LogP contribution in [0.2, 0.25) is 0 Å². The Kier molecular flexibility index (Phi) is 5.13. The van der Waals surface area contributed by atoms with Crippen molar-refractivity contribution in [1.82, 2.24) is 4.72 Å². The van der Waals surface area contributed by atoms with Crippen molar-refractivity contribution in [2.45, 2.75) is 37.1 Å². The van der Waals surface area contributed by atoms with E-state index < -0.39 is 21.4 Å². The molecule has 0 aromatic heterocycles. The molecule has 1 rings (SSSR count). The summed E-state index contributed by atoms with van der Waals surface area (Å²) >= 11 is 5.86.